The fraction of sp³-hybridized carbons (Fsp3) is 0.737. The topological polar surface area (TPSA) is 314 Å². The number of carbonyl (C=O) groups is 10. The van der Waals surface area contributed by atoms with Crippen LogP contribution in [-0.2, 0) is 66.9 Å². The molecule has 0 unspecified atom stereocenters. The first kappa shape index (κ1) is 53.7. The maximum Gasteiger partial charge on any atom is 0.325 e. The van der Waals surface area contributed by atoms with Gasteiger partial charge in [-0.15, -0.1) is 0 Å². The van der Waals surface area contributed by atoms with Crippen LogP contribution in [0.3, 0.4) is 0 Å². The van der Waals surface area contributed by atoms with Crippen molar-refractivity contribution in [2.75, 3.05) is 53.5 Å². The first-order valence-electron chi connectivity index (χ1n) is 19.3. The Morgan fingerprint density at radius 3 is 1.12 bits per heavy atom. The molecular formula is C38H64N6O15. The molecule has 0 radical (unpaired) electrons. The van der Waals surface area contributed by atoms with E-state index in [1.165, 1.54) is 14.2 Å². The Hall–Kier alpha value is -5.34. The third-order valence-corrected chi connectivity index (χ3v) is 8.44. The van der Waals surface area contributed by atoms with Crippen LogP contribution in [-0.4, -0.2) is 129 Å². The number of nitrogens with one attached hydrogen (secondary N) is 5. The van der Waals surface area contributed by atoms with E-state index in [2.05, 4.69) is 31.3 Å². The predicted octanol–water partition coefficient (Wildman–Crippen LogP) is -0.774. The number of amides is 5. The van der Waals surface area contributed by atoms with Crippen molar-refractivity contribution in [3.63, 3.8) is 0 Å². The summed E-state index contributed by atoms with van der Waals surface area (Å²) in [6.07, 6.45) is 4.74. The van der Waals surface area contributed by atoms with E-state index in [9.17, 15) is 47.9 Å². The number of nitrogens with two attached hydrogens (primary N) is 1. The Labute approximate surface area is 344 Å². The number of hydrogen-bond donors (Lipinski definition) is 7. The number of hydrogen-bond acceptors (Lipinski definition) is 15. The molecule has 2 rings (SSSR count). The summed E-state index contributed by atoms with van der Waals surface area (Å²) in [5.41, 5.74) is 3.80. The Morgan fingerprint density at radius 2 is 0.797 bits per heavy atom. The maximum absolute atomic E-state index is 12.1. The van der Waals surface area contributed by atoms with E-state index in [1.807, 2.05) is 0 Å². The second kappa shape index (κ2) is 27.4. The third kappa shape index (κ3) is 26.3. The average Bonchev–Trinajstić information content (AvgIpc) is 3.18. The highest BCUT2D eigenvalue weighted by Crippen LogP contribution is 2.30. The van der Waals surface area contributed by atoms with E-state index in [0.29, 0.717) is 51.4 Å². The monoisotopic (exact) mass is 844 g/mol. The van der Waals surface area contributed by atoms with E-state index < -0.39 is 52.7 Å². The molecular weight excluding hydrogens is 780 g/mol. The lowest BCUT2D eigenvalue weighted by Gasteiger charge is -2.25. The van der Waals surface area contributed by atoms with Gasteiger partial charge in [-0.2, -0.15) is 0 Å². The molecule has 0 saturated heterocycles. The van der Waals surface area contributed by atoms with E-state index >= 15 is 0 Å². The third-order valence-electron chi connectivity index (χ3n) is 8.44. The van der Waals surface area contributed by atoms with Crippen molar-refractivity contribution < 1.29 is 72.0 Å². The van der Waals surface area contributed by atoms with Crippen LogP contribution in [0.5, 0.6) is 0 Å². The van der Waals surface area contributed by atoms with Gasteiger partial charge in [0.1, 0.15) is 24.3 Å². The molecule has 0 aromatic heterocycles. The normalized spacial score (nSPS) is 18.5. The largest absolute Gasteiger partial charge is 0.481 e. The smallest absolute Gasteiger partial charge is 0.325 e. The second-order valence-corrected chi connectivity index (χ2v) is 15.7. The van der Waals surface area contributed by atoms with Crippen molar-refractivity contribution in [1.82, 2.24) is 26.6 Å². The maximum atomic E-state index is 12.1. The van der Waals surface area contributed by atoms with Crippen LogP contribution in [0.1, 0.15) is 92.9 Å². The van der Waals surface area contributed by atoms with Gasteiger partial charge in [0.2, 0.25) is 29.5 Å². The Morgan fingerprint density at radius 1 is 0.492 bits per heavy atom. The zero-order valence-corrected chi connectivity index (χ0v) is 35.4. The van der Waals surface area contributed by atoms with Crippen molar-refractivity contribution in [2.24, 2.45) is 29.4 Å². The summed E-state index contributed by atoms with van der Waals surface area (Å²) < 4.78 is 19.3. The lowest BCUT2D eigenvalue weighted by atomic mass is 9.81. The molecule has 2 aliphatic carbocycles. The van der Waals surface area contributed by atoms with E-state index in [-0.39, 0.29) is 80.8 Å². The molecule has 0 bridgehead atoms. The Bertz CT molecular complexity index is 1440. The summed E-state index contributed by atoms with van der Waals surface area (Å²) in [5, 5.41) is 20.5. The van der Waals surface area contributed by atoms with E-state index in [0.717, 1.165) is 0 Å². The molecule has 0 heterocycles. The standard InChI is InChI=1S/C19H31N3O7.C10H19N3O4.C9H14O4/c1-19(2,3)29-16(25)11-21-14(23)9-20-15(24)10-22-17(26)12-5-7-13(8-6-12)18(27)28-4;1-10(2,3)17-9(16)6-13-8(15)5-12-7(14)4-11;1-13-9(12)7-4-2-6(3-5-7)8(10)11/h12-13H,5-11H2,1-4H3,(H,20,24)(H,21,23)(H,22,26);4-6,11H2,1-3H3,(H,12,14)(H,13,15);6-7H,2-5H2,1H3,(H,10,11). The lowest BCUT2D eigenvalue weighted by Crippen LogP contribution is -2.44. The zero-order chi connectivity index (χ0) is 45.3. The molecule has 2 fully saturated rings. The van der Waals surface area contributed by atoms with Gasteiger partial charge in [0.25, 0.3) is 0 Å². The van der Waals surface area contributed by atoms with Gasteiger partial charge < -0.3 is 56.4 Å². The van der Waals surface area contributed by atoms with Crippen molar-refractivity contribution in [2.45, 2.75) is 104 Å². The molecule has 0 aliphatic heterocycles. The molecule has 21 heteroatoms. The van der Waals surface area contributed by atoms with Crippen LogP contribution in [0, 0.1) is 23.7 Å². The van der Waals surface area contributed by atoms with Crippen molar-refractivity contribution in [1.29, 1.82) is 0 Å². The first-order valence-corrected chi connectivity index (χ1v) is 19.3. The summed E-state index contributed by atoms with van der Waals surface area (Å²) in [5.74, 6) is -5.31. The molecule has 21 nitrogen and oxygen atoms in total. The van der Waals surface area contributed by atoms with Crippen molar-refractivity contribution >= 4 is 59.4 Å². The Balaban J connectivity index is 0.000000946. The van der Waals surface area contributed by atoms with Crippen LogP contribution >= 0.6 is 0 Å². The highest BCUT2D eigenvalue weighted by Gasteiger charge is 2.31. The zero-order valence-electron chi connectivity index (χ0n) is 35.4. The minimum absolute atomic E-state index is 0.0828. The number of aliphatic carboxylic acids is 1. The SMILES string of the molecule is CC(C)(C)OC(=O)CNC(=O)CNC(=O)CN.COC(=O)C1CCC(C(=O)NCC(=O)NCC(=O)NCC(=O)OC(C)(C)C)CC1.COC(=O)C1CCC(C(=O)O)CC1. The number of methoxy groups -OCH3 is 2. The molecule has 2 saturated carbocycles. The highest BCUT2D eigenvalue weighted by atomic mass is 16.6. The summed E-state index contributed by atoms with van der Waals surface area (Å²) in [4.78, 5) is 113. The lowest BCUT2D eigenvalue weighted by molar-refractivity contribution is -0.155. The number of rotatable bonds is 15. The van der Waals surface area contributed by atoms with Crippen LogP contribution in [0.2, 0.25) is 0 Å². The fourth-order valence-corrected chi connectivity index (χ4v) is 5.53. The summed E-state index contributed by atoms with van der Waals surface area (Å²) in [6, 6.07) is 0. The molecule has 59 heavy (non-hydrogen) atoms. The van der Waals surface area contributed by atoms with Gasteiger partial charge >= 0.3 is 29.8 Å². The average molecular weight is 845 g/mol. The molecule has 8 N–H and O–H groups in total. The van der Waals surface area contributed by atoms with Gasteiger partial charge in [-0.1, -0.05) is 0 Å². The van der Waals surface area contributed by atoms with Crippen LogP contribution in [0.4, 0.5) is 0 Å². The fourth-order valence-electron chi connectivity index (χ4n) is 5.53. The number of esters is 4. The van der Waals surface area contributed by atoms with Gasteiger partial charge in [0, 0.05) is 5.92 Å². The minimum Gasteiger partial charge on any atom is -0.481 e. The van der Waals surface area contributed by atoms with Gasteiger partial charge in [0.15, 0.2) is 0 Å². The van der Waals surface area contributed by atoms with Gasteiger partial charge in [-0.05, 0) is 92.9 Å². The quantitative estimate of drug-likeness (QED) is 0.0786. The van der Waals surface area contributed by atoms with E-state index in [1.54, 1.807) is 41.5 Å². The highest BCUT2D eigenvalue weighted by molar-refractivity contribution is 5.90. The summed E-state index contributed by atoms with van der Waals surface area (Å²) in [7, 11) is 2.71. The van der Waals surface area contributed by atoms with Crippen LogP contribution < -0.4 is 32.3 Å². The number of carboxylic acid groups (broad SMARTS) is 1. The molecule has 0 aromatic rings. The molecule has 0 aromatic carbocycles. The van der Waals surface area contributed by atoms with Crippen LogP contribution in [0.15, 0.2) is 0 Å². The predicted molar refractivity (Wildman–Crippen MR) is 208 cm³/mol. The van der Waals surface area contributed by atoms with Gasteiger partial charge in [-0.25, -0.2) is 0 Å². The number of carbonyl (C=O) groups excluding carboxylic acids is 9. The van der Waals surface area contributed by atoms with Crippen LogP contribution in [0.25, 0.3) is 0 Å². The Kier molecular flexibility index (Phi) is 24.9. The van der Waals surface area contributed by atoms with Gasteiger partial charge in [-0.3, -0.25) is 47.9 Å². The van der Waals surface area contributed by atoms with Crippen molar-refractivity contribution in [3.8, 4) is 0 Å². The van der Waals surface area contributed by atoms with Crippen molar-refractivity contribution in [3.05, 3.63) is 0 Å². The molecule has 0 atom stereocenters. The van der Waals surface area contributed by atoms with E-state index in [4.69, 9.17) is 25.1 Å². The summed E-state index contributed by atoms with van der Waals surface area (Å²) >= 11 is 0. The number of ether oxygens (including phenoxy) is 4. The molecule has 2 aliphatic rings. The second-order valence-electron chi connectivity index (χ2n) is 15.7. The minimum atomic E-state index is -0.747. The van der Waals surface area contributed by atoms with Gasteiger partial charge in [0.05, 0.1) is 58.2 Å². The molecule has 0 spiro atoms. The number of carboxylic acids is 1. The molecule has 336 valence electrons. The first-order chi connectivity index (χ1) is 27.4. The summed E-state index contributed by atoms with van der Waals surface area (Å²) in [6.45, 7) is 8.85. The molecule has 5 amide bonds.